The molecule has 1 fully saturated rings. The van der Waals surface area contributed by atoms with Gasteiger partial charge < -0.3 is 4.57 Å². The lowest BCUT2D eigenvalue weighted by atomic mass is 10.0. The first-order chi connectivity index (χ1) is 13.0. The van der Waals surface area contributed by atoms with E-state index in [-0.39, 0.29) is 5.56 Å². The van der Waals surface area contributed by atoms with Crippen LogP contribution in [0, 0.1) is 5.41 Å². The molecule has 27 heavy (non-hydrogen) atoms. The Morgan fingerprint density at radius 3 is 2.74 bits per heavy atom. The largest absolute Gasteiger partial charge is 0.313 e. The Balaban J connectivity index is 1.61. The van der Waals surface area contributed by atoms with E-state index < -0.39 is 0 Å². The van der Waals surface area contributed by atoms with Crippen molar-refractivity contribution < 1.29 is 0 Å². The highest BCUT2D eigenvalue weighted by atomic mass is 35.5. The Labute approximate surface area is 163 Å². The predicted molar refractivity (Wildman–Crippen MR) is 107 cm³/mol. The van der Waals surface area contributed by atoms with Crippen LogP contribution in [0.1, 0.15) is 38.8 Å². The molecule has 0 aromatic carbocycles. The molecule has 3 aromatic heterocycles. The molecular formula is C21H23ClN4O. The Morgan fingerprint density at radius 1 is 1.22 bits per heavy atom. The van der Waals surface area contributed by atoms with Gasteiger partial charge in [-0.3, -0.25) is 9.78 Å². The second kappa shape index (κ2) is 6.97. The number of aromatic nitrogens is 4. The van der Waals surface area contributed by atoms with Gasteiger partial charge >= 0.3 is 0 Å². The Hall–Kier alpha value is -2.40. The molecule has 0 spiro atoms. The second-order valence-electron chi connectivity index (χ2n) is 7.74. The molecule has 1 saturated carbocycles. The van der Waals surface area contributed by atoms with Gasteiger partial charge in [0.05, 0.1) is 16.9 Å². The van der Waals surface area contributed by atoms with Gasteiger partial charge in [-0.25, -0.2) is 4.68 Å². The standard InChI is InChI=1S/C21H23ClN4O/c1-3-8-25-14-17(4-5-20(25)27)26-13-15(11-24-26)18-12-23-16(9-19(18)22)10-21(2)6-7-21/h4-5,9,11-14H,3,6-8,10H2,1-2H3. The lowest BCUT2D eigenvalue weighted by Crippen LogP contribution is -2.19. The van der Waals surface area contributed by atoms with E-state index in [0.29, 0.717) is 17.0 Å². The molecule has 0 amide bonds. The van der Waals surface area contributed by atoms with E-state index in [1.165, 1.54) is 12.8 Å². The van der Waals surface area contributed by atoms with Crippen LogP contribution in [0.15, 0.2) is 47.8 Å². The third-order valence-electron chi connectivity index (χ3n) is 5.21. The maximum absolute atomic E-state index is 11.9. The molecule has 0 saturated heterocycles. The number of nitrogens with zero attached hydrogens (tertiary/aromatic N) is 4. The van der Waals surface area contributed by atoms with Gasteiger partial charge in [0.2, 0.25) is 0 Å². The topological polar surface area (TPSA) is 52.7 Å². The third kappa shape index (κ3) is 3.83. The molecule has 4 rings (SSSR count). The average molecular weight is 383 g/mol. The molecule has 0 bridgehead atoms. The van der Waals surface area contributed by atoms with Gasteiger partial charge in [-0.05, 0) is 43.2 Å². The molecule has 6 heteroatoms. The summed E-state index contributed by atoms with van der Waals surface area (Å²) in [5.41, 5.74) is 4.07. The molecule has 140 valence electrons. The van der Waals surface area contributed by atoms with Crippen LogP contribution >= 0.6 is 11.6 Å². The normalized spacial score (nSPS) is 15.1. The molecule has 3 heterocycles. The highest BCUT2D eigenvalue weighted by Gasteiger charge is 2.37. The maximum Gasteiger partial charge on any atom is 0.250 e. The van der Waals surface area contributed by atoms with E-state index in [1.54, 1.807) is 27.6 Å². The van der Waals surface area contributed by atoms with Crippen LogP contribution in [0.25, 0.3) is 16.8 Å². The summed E-state index contributed by atoms with van der Waals surface area (Å²) in [4.78, 5) is 16.5. The molecule has 0 aliphatic heterocycles. The van der Waals surface area contributed by atoms with Crippen molar-refractivity contribution in [3.8, 4) is 16.8 Å². The summed E-state index contributed by atoms with van der Waals surface area (Å²) in [6.45, 7) is 5.03. The third-order valence-corrected chi connectivity index (χ3v) is 5.52. The number of hydrogen-bond donors (Lipinski definition) is 0. The van der Waals surface area contributed by atoms with E-state index in [4.69, 9.17) is 11.6 Å². The lowest BCUT2D eigenvalue weighted by molar-refractivity contribution is 0.561. The summed E-state index contributed by atoms with van der Waals surface area (Å²) in [7, 11) is 0. The van der Waals surface area contributed by atoms with Gasteiger partial charge in [0.25, 0.3) is 5.56 Å². The van der Waals surface area contributed by atoms with Crippen molar-refractivity contribution in [1.82, 2.24) is 19.3 Å². The summed E-state index contributed by atoms with van der Waals surface area (Å²) in [5, 5.41) is 5.14. The SMILES string of the molecule is CCCn1cc(-n2cc(-c3cnc(CC4(C)CC4)cc3Cl)cn2)ccc1=O. The quantitative estimate of drug-likeness (QED) is 0.630. The van der Waals surface area contributed by atoms with Crippen molar-refractivity contribution in [2.24, 2.45) is 5.41 Å². The van der Waals surface area contributed by atoms with Crippen LogP contribution in [0.2, 0.25) is 5.02 Å². The van der Waals surface area contributed by atoms with E-state index in [0.717, 1.165) is 35.3 Å². The average Bonchev–Trinajstić information content (AvgIpc) is 3.16. The molecule has 1 aliphatic rings. The highest BCUT2D eigenvalue weighted by molar-refractivity contribution is 6.33. The van der Waals surface area contributed by atoms with Crippen LogP contribution in [-0.4, -0.2) is 19.3 Å². The number of pyridine rings is 2. The minimum Gasteiger partial charge on any atom is -0.313 e. The first-order valence-electron chi connectivity index (χ1n) is 9.38. The fourth-order valence-corrected chi connectivity index (χ4v) is 3.56. The van der Waals surface area contributed by atoms with E-state index in [2.05, 4.69) is 17.0 Å². The van der Waals surface area contributed by atoms with Crippen molar-refractivity contribution >= 4 is 11.6 Å². The van der Waals surface area contributed by atoms with Crippen molar-refractivity contribution in [2.45, 2.75) is 46.1 Å². The summed E-state index contributed by atoms with van der Waals surface area (Å²) in [6.07, 6.45) is 11.8. The molecule has 0 radical (unpaired) electrons. The van der Waals surface area contributed by atoms with E-state index >= 15 is 0 Å². The zero-order chi connectivity index (χ0) is 19.0. The van der Waals surface area contributed by atoms with Gasteiger partial charge in [-0.2, -0.15) is 5.10 Å². The Bertz CT molecular complexity index is 1030. The zero-order valence-electron chi connectivity index (χ0n) is 15.7. The molecule has 0 N–H and O–H groups in total. The lowest BCUT2D eigenvalue weighted by Gasteiger charge is -2.09. The van der Waals surface area contributed by atoms with Gasteiger partial charge in [-0.1, -0.05) is 25.4 Å². The smallest absolute Gasteiger partial charge is 0.250 e. The fraction of sp³-hybridized carbons (Fsp3) is 0.381. The summed E-state index contributed by atoms with van der Waals surface area (Å²) < 4.78 is 3.47. The monoisotopic (exact) mass is 382 g/mol. The fourth-order valence-electron chi connectivity index (χ4n) is 3.28. The number of hydrogen-bond acceptors (Lipinski definition) is 3. The minimum atomic E-state index is 0.000159. The first-order valence-corrected chi connectivity index (χ1v) is 9.75. The molecule has 0 atom stereocenters. The first kappa shape index (κ1) is 18.0. The van der Waals surface area contributed by atoms with Crippen molar-refractivity contribution in [3.05, 3.63) is 64.1 Å². The molecular weight excluding hydrogens is 360 g/mol. The zero-order valence-corrected chi connectivity index (χ0v) is 16.4. The van der Waals surface area contributed by atoms with Crippen LogP contribution in [0.4, 0.5) is 0 Å². The predicted octanol–water partition coefficient (Wildman–Crippen LogP) is 4.50. The van der Waals surface area contributed by atoms with Crippen LogP contribution in [-0.2, 0) is 13.0 Å². The van der Waals surface area contributed by atoms with Crippen LogP contribution in [0.5, 0.6) is 0 Å². The molecule has 3 aromatic rings. The highest BCUT2D eigenvalue weighted by Crippen LogP contribution is 2.47. The van der Waals surface area contributed by atoms with Gasteiger partial charge in [0.1, 0.15) is 0 Å². The van der Waals surface area contributed by atoms with Crippen LogP contribution < -0.4 is 5.56 Å². The molecule has 0 unspecified atom stereocenters. The summed E-state index contributed by atoms with van der Waals surface area (Å²) >= 11 is 6.53. The summed E-state index contributed by atoms with van der Waals surface area (Å²) in [6, 6.07) is 5.33. The number of aryl methyl sites for hydroxylation is 1. The Morgan fingerprint density at radius 2 is 2.04 bits per heavy atom. The van der Waals surface area contributed by atoms with Gasteiger partial charge in [0.15, 0.2) is 0 Å². The minimum absolute atomic E-state index is 0.000159. The van der Waals surface area contributed by atoms with Crippen molar-refractivity contribution in [3.63, 3.8) is 0 Å². The van der Waals surface area contributed by atoms with Gasteiger partial charge in [-0.15, -0.1) is 0 Å². The Kier molecular flexibility index (Phi) is 4.64. The van der Waals surface area contributed by atoms with Crippen molar-refractivity contribution in [1.29, 1.82) is 0 Å². The second-order valence-corrected chi connectivity index (χ2v) is 8.14. The molecule has 1 aliphatic carbocycles. The van der Waals surface area contributed by atoms with Crippen LogP contribution in [0.3, 0.4) is 0 Å². The maximum atomic E-state index is 11.9. The van der Waals surface area contributed by atoms with Gasteiger partial charge in [0, 0.05) is 48.0 Å². The number of rotatable bonds is 6. The molecule has 5 nitrogen and oxygen atoms in total. The van der Waals surface area contributed by atoms with Crippen molar-refractivity contribution in [2.75, 3.05) is 0 Å². The number of halogens is 1. The van der Waals surface area contributed by atoms with E-state index in [9.17, 15) is 4.79 Å². The van der Waals surface area contributed by atoms with E-state index in [1.807, 2.05) is 31.6 Å². The summed E-state index contributed by atoms with van der Waals surface area (Å²) in [5.74, 6) is 0.